The van der Waals surface area contributed by atoms with E-state index in [0.29, 0.717) is 0 Å². The fraction of sp³-hybridized carbons (Fsp3) is 0.588. The van der Waals surface area contributed by atoms with Crippen LogP contribution in [0.4, 0.5) is 5.69 Å². The van der Waals surface area contributed by atoms with Crippen LogP contribution in [0.15, 0.2) is 24.3 Å². The number of nitriles is 1. The summed E-state index contributed by atoms with van der Waals surface area (Å²) in [5.41, 5.74) is 2.12. The van der Waals surface area contributed by atoms with Gasteiger partial charge >= 0.3 is 0 Å². The van der Waals surface area contributed by atoms with Crippen LogP contribution in [0.3, 0.4) is 0 Å². The molecule has 0 amide bonds. The topological polar surface area (TPSA) is 27.0 Å². The first-order chi connectivity index (χ1) is 9.04. The summed E-state index contributed by atoms with van der Waals surface area (Å²) < 4.78 is 0. The van der Waals surface area contributed by atoms with E-state index in [0.717, 1.165) is 11.6 Å². The zero-order chi connectivity index (χ0) is 13.9. The average molecular weight is 256 g/mol. The lowest BCUT2D eigenvalue weighted by Gasteiger charge is -2.31. The molecule has 0 heterocycles. The molecule has 0 bridgehead atoms. The van der Waals surface area contributed by atoms with Crippen LogP contribution in [0.1, 0.15) is 57.4 Å². The van der Waals surface area contributed by atoms with Crippen molar-refractivity contribution in [1.82, 2.24) is 0 Å². The zero-order valence-electron chi connectivity index (χ0n) is 12.3. The second-order valence-corrected chi connectivity index (χ2v) is 6.16. The molecular formula is C17H24N2. The molecule has 0 atom stereocenters. The number of hydrogen-bond donors (Lipinski definition) is 0. The van der Waals surface area contributed by atoms with Crippen LogP contribution in [0.5, 0.6) is 0 Å². The van der Waals surface area contributed by atoms with Gasteiger partial charge in [0.2, 0.25) is 0 Å². The van der Waals surface area contributed by atoms with Crippen molar-refractivity contribution in [2.75, 3.05) is 11.9 Å². The summed E-state index contributed by atoms with van der Waals surface area (Å²) in [6, 6.07) is 11.1. The molecule has 0 aromatic heterocycles. The van der Waals surface area contributed by atoms with E-state index in [1.165, 1.54) is 37.7 Å². The smallest absolute Gasteiger partial charge is 0.121 e. The van der Waals surface area contributed by atoms with Crippen LogP contribution >= 0.6 is 0 Å². The normalized spacial score (nSPS) is 16.9. The third-order valence-electron chi connectivity index (χ3n) is 4.47. The van der Waals surface area contributed by atoms with Crippen LogP contribution in [-0.2, 0) is 0 Å². The number of nitrogens with zero attached hydrogens (tertiary/aromatic N) is 2. The van der Waals surface area contributed by atoms with Gasteiger partial charge in [0, 0.05) is 12.7 Å². The second-order valence-electron chi connectivity index (χ2n) is 6.16. The van der Waals surface area contributed by atoms with Gasteiger partial charge in [0.1, 0.15) is 5.54 Å². The number of hydrogen-bond acceptors (Lipinski definition) is 2. The maximum atomic E-state index is 9.19. The van der Waals surface area contributed by atoms with Crippen LogP contribution < -0.4 is 4.90 Å². The van der Waals surface area contributed by atoms with Crippen molar-refractivity contribution in [2.24, 2.45) is 0 Å². The molecule has 0 aliphatic heterocycles. The largest absolute Gasteiger partial charge is 0.357 e. The van der Waals surface area contributed by atoms with E-state index in [4.69, 9.17) is 0 Å². The van der Waals surface area contributed by atoms with E-state index in [1.54, 1.807) is 0 Å². The van der Waals surface area contributed by atoms with Crippen LogP contribution in [0, 0.1) is 11.3 Å². The Morgan fingerprint density at radius 1 is 1.11 bits per heavy atom. The Hall–Kier alpha value is -1.49. The Morgan fingerprint density at radius 3 is 2.21 bits per heavy atom. The molecule has 1 aliphatic rings. The van der Waals surface area contributed by atoms with Gasteiger partial charge in [-0.05, 0) is 50.3 Å². The Kier molecular flexibility index (Phi) is 4.14. The third kappa shape index (κ3) is 3.10. The summed E-state index contributed by atoms with van der Waals surface area (Å²) in [6.45, 7) is 3.89. The van der Waals surface area contributed by atoms with Crippen molar-refractivity contribution in [2.45, 2.75) is 57.4 Å². The highest BCUT2D eigenvalue weighted by Crippen LogP contribution is 2.33. The molecule has 0 N–H and O–H groups in total. The first kappa shape index (κ1) is 13.9. The fourth-order valence-corrected chi connectivity index (χ4v) is 2.80. The quantitative estimate of drug-likeness (QED) is 0.797. The highest BCUT2D eigenvalue weighted by Gasteiger charge is 2.23. The average Bonchev–Trinajstić information content (AvgIpc) is 2.47. The molecule has 2 rings (SSSR count). The number of benzene rings is 1. The van der Waals surface area contributed by atoms with Gasteiger partial charge in [-0.15, -0.1) is 0 Å². The second kappa shape index (κ2) is 5.65. The van der Waals surface area contributed by atoms with Crippen molar-refractivity contribution in [3.63, 3.8) is 0 Å². The van der Waals surface area contributed by atoms with Gasteiger partial charge in [0.15, 0.2) is 0 Å². The van der Waals surface area contributed by atoms with Gasteiger partial charge in [-0.1, -0.05) is 31.4 Å². The lowest BCUT2D eigenvalue weighted by Crippen LogP contribution is -2.39. The van der Waals surface area contributed by atoms with Gasteiger partial charge in [-0.3, -0.25) is 0 Å². The van der Waals surface area contributed by atoms with Gasteiger partial charge < -0.3 is 4.90 Å². The van der Waals surface area contributed by atoms with Crippen LogP contribution in [-0.4, -0.2) is 12.6 Å². The molecule has 0 radical (unpaired) electrons. The molecule has 102 valence electrons. The minimum Gasteiger partial charge on any atom is -0.357 e. The molecule has 0 unspecified atom stereocenters. The standard InChI is InChI=1S/C17H24N2/c1-17(2,13-18)19(3)16-11-9-15(10-12-16)14-7-5-4-6-8-14/h9-12,14H,4-8H2,1-3H3. The van der Waals surface area contributed by atoms with Gasteiger partial charge in [0.25, 0.3) is 0 Å². The van der Waals surface area contributed by atoms with Crippen molar-refractivity contribution in [1.29, 1.82) is 5.26 Å². The highest BCUT2D eigenvalue weighted by atomic mass is 15.2. The third-order valence-corrected chi connectivity index (χ3v) is 4.47. The van der Waals surface area contributed by atoms with E-state index in [1.807, 2.05) is 25.8 Å². The predicted molar refractivity (Wildman–Crippen MR) is 80.4 cm³/mol. The summed E-state index contributed by atoms with van der Waals surface area (Å²) in [6.07, 6.45) is 6.80. The highest BCUT2D eigenvalue weighted by molar-refractivity contribution is 5.51. The van der Waals surface area contributed by atoms with Crippen molar-refractivity contribution in [3.8, 4) is 6.07 Å². The Bertz CT molecular complexity index is 447. The maximum absolute atomic E-state index is 9.19. The lowest BCUT2D eigenvalue weighted by molar-refractivity contribution is 0.443. The van der Waals surface area contributed by atoms with Crippen LogP contribution in [0.2, 0.25) is 0 Å². The molecule has 1 saturated carbocycles. The monoisotopic (exact) mass is 256 g/mol. The SMILES string of the molecule is CN(c1ccc(C2CCCCC2)cc1)C(C)(C)C#N. The van der Waals surface area contributed by atoms with E-state index >= 15 is 0 Å². The first-order valence-electron chi connectivity index (χ1n) is 7.29. The van der Waals surface area contributed by atoms with Crippen molar-refractivity contribution < 1.29 is 0 Å². The zero-order valence-corrected chi connectivity index (χ0v) is 12.3. The molecule has 1 aromatic rings. The summed E-state index contributed by atoms with van der Waals surface area (Å²) in [5, 5.41) is 9.19. The van der Waals surface area contributed by atoms with Gasteiger partial charge in [-0.2, -0.15) is 5.26 Å². The summed E-state index contributed by atoms with van der Waals surface area (Å²) in [4.78, 5) is 2.04. The molecule has 1 aromatic carbocycles. The maximum Gasteiger partial charge on any atom is 0.121 e. The molecular weight excluding hydrogens is 232 g/mol. The molecule has 2 nitrogen and oxygen atoms in total. The molecule has 2 heteroatoms. The Labute approximate surface area is 117 Å². The van der Waals surface area contributed by atoms with E-state index in [2.05, 4.69) is 30.3 Å². The molecule has 1 fully saturated rings. The Morgan fingerprint density at radius 2 is 1.68 bits per heavy atom. The van der Waals surface area contributed by atoms with Crippen LogP contribution in [0.25, 0.3) is 0 Å². The predicted octanol–water partition coefficient (Wildman–Crippen LogP) is 4.47. The van der Waals surface area contributed by atoms with Gasteiger partial charge in [-0.25, -0.2) is 0 Å². The first-order valence-corrected chi connectivity index (χ1v) is 7.29. The summed E-state index contributed by atoms with van der Waals surface area (Å²) in [7, 11) is 1.98. The summed E-state index contributed by atoms with van der Waals surface area (Å²) >= 11 is 0. The number of rotatable bonds is 3. The van der Waals surface area contributed by atoms with E-state index in [9.17, 15) is 5.26 Å². The van der Waals surface area contributed by atoms with E-state index < -0.39 is 5.54 Å². The number of anilines is 1. The molecule has 0 saturated heterocycles. The fourth-order valence-electron chi connectivity index (χ4n) is 2.80. The Balaban J connectivity index is 2.12. The molecule has 1 aliphatic carbocycles. The summed E-state index contributed by atoms with van der Waals surface area (Å²) in [5.74, 6) is 0.747. The minimum absolute atomic E-state index is 0.466. The van der Waals surface area contributed by atoms with Crippen molar-refractivity contribution in [3.05, 3.63) is 29.8 Å². The van der Waals surface area contributed by atoms with Crippen molar-refractivity contribution >= 4 is 5.69 Å². The lowest BCUT2D eigenvalue weighted by atomic mass is 9.84. The molecule has 19 heavy (non-hydrogen) atoms. The van der Waals surface area contributed by atoms with E-state index in [-0.39, 0.29) is 0 Å². The van der Waals surface area contributed by atoms with Gasteiger partial charge in [0.05, 0.1) is 6.07 Å². The molecule has 0 spiro atoms. The minimum atomic E-state index is -0.466.